The summed E-state index contributed by atoms with van der Waals surface area (Å²) in [6.45, 7) is -1.27. The molecule has 0 unspecified atom stereocenters. The first-order chi connectivity index (χ1) is 6.88. The predicted octanol–water partition coefficient (Wildman–Crippen LogP) is 3.24. The molecule has 0 atom stereocenters. The first-order valence-corrected chi connectivity index (χ1v) is 4.89. The van der Waals surface area contributed by atoms with E-state index in [0.29, 0.717) is 4.47 Å². The predicted molar refractivity (Wildman–Crippen MR) is 51.9 cm³/mol. The lowest BCUT2D eigenvalue weighted by Crippen LogP contribution is -2.28. The zero-order chi connectivity index (χ0) is 11.5. The second-order valence-electron chi connectivity index (χ2n) is 2.95. The summed E-state index contributed by atoms with van der Waals surface area (Å²) in [5.74, 6) is -0.520. The van der Waals surface area contributed by atoms with Crippen molar-refractivity contribution in [3.8, 4) is 0 Å². The number of benzene rings is 1. The molecule has 0 bridgehead atoms. The summed E-state index contributed by atoms with van der Waals surface area (Å²) in [5.41, 5.74) is 0.202. The average Bonchev–Trinajstić information content (AvgIpc) is 2.09. The van der Waals surface area contributed by atoms with Crippen molar-refractivity contribution in [2.75, 3.05) is 6.54 Å². The third kappa shape index (κ3) is 4.61. The molecule has 1 N–H and O–H groups in total. The maximum Gasteiger partial charge on any atom is 0.401 e. The van der Waals surface area contributed by atoms with Crippen LogP contribution in [0.2, 0.25) is 0 Å². The Bertz CT molecular complexity index is 337. The van der Waals surface area contributed by atoms with Gasteiger partial charge in [-0.25, -0.2) is 4.39 Å². The second-order valence-corrected chi connectivity index (χ2v) is 3.87. The minimum atomic E-state index is -4.28. The minimum absolute atomic E-state index is 0.148. The molecule has 6 heteroatoms. The molecule has 15 heavy (non-hydrogen) atoms. The Kier molecular flexibility index (Phi) is 4.10. The summed E-state index contributed by atoms with van der Waals surface area (Å²) in [7, 11) is 0. The molecular weight excluding hydrogens is 278 g/mol. The molecule has 0 saturated carbocycles. The van der Waals surface area contributed by atoms with Crippen molar-refractivity contribution in [2.24, 2.45) is 0 Å². The Hall–Kier alpha value is -0.620. The van der Waals surface area contributed by atoms with Gasteiger partial charge < -0.3 is 5.32 Å². The van der Waals surface area contributed by atoms with Crippen LogP contribution in [-0.2, 0) is 6.54 Å². The summed E-state index contributed by atoms with van der Waals surface area (Å²) in [4.78, 5) is 0. The maximum absolute atomic E-state index is 13.0. The summed E-state index contributed by atoms with van der Waals surface area (Å²) in [5, 5.41) is 2.12. The van der Waals surface area contributed by atoms with Gasteiger partial charge in [0.2, 0.25) is 0 Å². The van der Waals surface area contributed by atoms with Gasteiger partial charge in [0.05, 0.1) is 6.54 Å². The Morgan fingerprint density at radius 3 is 2.53 bits per heavy atom. The lowest BCUT2D eigenvalue weighted by atomic mass is 10.2. The second kappa shape index (κ2) is 4.94. The molecule has 0 amide bonds. The first-order valence-electron chi connectivity index (χ1n) is 4.10. The molecule has 0 aromatic heterocycles. The van der Waals surface area contributed by atoms with E-state index in [4.69, 9.17) is 0 Å². The van der Waals surface area contributed by atoms with E-state index in [2.05, 4.69) is 21.2 Å². The van der Waals surface area contributed by atoms with Gasteiger partial charge >= 0.3 is 6.18 Å². The van der Waals surface area contributed by atoms with E-state index < -0.39 is 18.5 Å². The Labute approximate surface area is 92.6 Å². The molecule has 0 aliphatic heterocycles. The van der Waals surface area contributed by atoms with Crippen LogP contribution >= 0.6 is 15.9 Å². The van der Waals surface area contributed by atoms with Crippen LogP contribution in [0.5, 0.6) is 0 Å². The quantitative estimate of drug-likeness (QED) is 0.841. The average molecular weight is 286 g/mol. The molecular formula is C9H8BrF4N. The van der Waals surface area contributed by atoms with Gasteiger partial charge in [0.25, 0.3) is 0 Å². The maximum atomic E-state index is 13.0. The molecule has 84 valence electrons. The highest BCUT2D eigenvalue weighted by atomic mass is 79.9. The normalized spacial score (nSPS) is 11.8. The van der Waals surface area contributed by atoms with Crippen LogP contribution in [-0.4, -0.2) is 12.7 Å². The Balaban J connectivity index is 2.54. The van der Waals surface area contributed by atoms with Crippen LogP contribution in [0.15, 0.2) is 22.7 Å². The van der Waals surface area contributed by atoms with Gasteiger partial charge in [-0.05, 0) is 18.2 Å². The van der Waals surface area contributed by atoms with E-state index in [1.54, 1.807) is 0 Å². The standard InChI is InChI=1S/C9H8BrF4N/c10-7-1-2-8(11)6(3-7)4-15-5-9(12,13)14/h1-3,15H,4-5H2. The fraction of sp³-hybridized carbons (Fsp3) is 0.333. The SMILES string of the molecule is Fc1ccc(Br)cc1CNCC(F)(F)F. The number of rotatable bonds is 3. The van der Waals surface area contributed by atoms with E-state index in [0.717, 1.165) is 0 Å². The summed E-state index contributed by atoms with van der Waals surface area (Å²) >= 11 is 3.11. The van der Waals surface area contributed by atoms with Crippen molar-refractivity contribution in [3.63, 3.8) is 0 Å². The lowest BCUT2D eigenvalue weighted by molar-refractivity contribution is -0.125. The highest BCUT2D eigenvalue weighted by Crippen LogP contribution is 2.16. The first kappa shape index (κ1) is 12.4. The van der Waals surface area contributed by atoms with Gasteiger partial charge in [-0.15, -0.1) is 0 Å². The van der Waals surface area contributed by atoms with E-state index in [1.165, 1.54) is 18.2 Å². The van der Waals surface area contributed by atoms with E-state index in [-0.39, 0.29) is 12.1 Å². The summed E-state index contributed by atoms with van der Waals surface area (Å²) < 4.78 is 49.0. The van der Waals surface area contributed by atoms with Crippen LogP contribution in [0, 0.1) is 5.82 Å². The van der Waals surface area contributed by atoms with Gasteiger partial charge in [-0.1, -0.05) is 15.9 Å². The molecule has 1 nitrogen and oxygen atoms in total. The van der Waals surface area contributed by atoms with Crippen molar-refractivity contribution in [3.05, 3.63) is 34.1 Å². The van der Waals surface area contributed by atoms with Crippen LogP contribution in [0.4, 0.5) is 17.6 Å². The molecule has 1 aromatic rings. The third-order valence-corrected chi connectivity index (χ3v) is 2.14. The van der Waals surface area contributed by atoms with Crippen LogP contribution in [0.3, 0.4) is 0 Å². The Morgan fingerprint density at radius 1 is 1.27 bits per heavy atom. The molecule has 0 aliphatic rings. The molecule has 0 fully saturated rings. The molecule has 0 heterocycles. The van der Waals surface area contributed by atoms with E-state index in [9.17, 15) is 17.6 Å². The van der Waals surface area contributed by atoms with Crippen molar-refractivity contribution < 1.29 is 17.6 Å². The van der Waals surface area contributed by atoms with Gasteiger partial charge in [0, 0.05) is 16.6 Å². The van der Waals surface area contributed by atoms with Gasteiger partial charge in [0.15, 0.2) is 0 Å². The monoisotopic (exact) mass is 285 g/mol. The number of nitrogens with one attached hydrogen (secondary N) is 1. The van der Waals surface area contributed by atoms with Crippen LogP contribution in [0.25, 0.3) is 0 Å². The largest absolute Gasteiger partial charge is 0.401 e. The summed E-state index contributed by atoms with van der Waals surface area (Å²) in [6, 6.07) is 4.13. The van der Waals surface area contributed by atoms with Crippen molar-refractivity contribution in [1.82, 2.24) is 5.32 Å². The van der Waals surface area contributed by atoms with Gasteiger partial charge in [-0.2, -0.15) is 13.2 Å². The molecule has 0 radical (unpaired) electrons. The molecule has 0 aliphatic carbocycles. The fourth-order valence-corrected chi connectivity index (χ4v) is 1.43. The number of hydrogen-bond donors (Lipinski definition) is 1. The van der Waals surface area contributed by atoms with Crippen LogP contribution in [0.1, 0.15) is 5.56 Å². The smallest absolute Gasteiger partial charge is 0.304 e. The van der Waals surface area contributed by atoms with E-state index in [1.807, 2.05) is 0 Å². The van der Waals surface area contributed by atoms with Gasteiger partial charge in [-0.3, -0.25) is 0 Å². The van der Waals surface area contributed by atoms with Crippen molar-refractivity contribution in [2.45, 2.75) is 12.7 Å². The number of alkyl halides is 3. The zero-order valence-electron chi connectivity index (χ0n) is 7.54. The summed E-state index contributed by atoms with van der Waals surface area (Å²) in [6.07, 6.45) is -4.28. The van der Waals surface area contributed by atoms with Crippen molar-refractivity contribution >= 4 is 15.9 Å². The highest BCUT2D eigenvalue weighted by Gasteiger charge is 2.26. The zero-order valence-corrected chi connectivity index (χ0v) is 9.12. The fourth-order valence-electron chi connectivity index (χ4n) is 1.02. The van der Waals surface area contributed by atoms with Crippen LogP contribution < -0.4 is 5.32 Å². The molecule has 1 rings (SSSR count). The molecule has 0 spiro atoms. The van der Waals surface area contributed by atoms with E-state index >= 15 is 0 Å². The van der Waals surface area contributed by atoms with Gasteiger partial charge in [0.1, 0.15) is 5.82 Å². The lowest BCUT2D eigenvalue weighted by Gasteiger charge is -2.08. The Morgan fingerprint density at radius 2 is 1.93 bits per heavy atom. The highest BCUT2D eigenvalue weighted by molar-refractivity contribution is 9.10. The molecule has 0 saturated heterocycles. The van der Waals surface area contributed by atoms with Crippen molar-refractivity contribution in [1.29, 1.82) is 0 Å². The minimum Gasteiger partial charge on any atom is -0.304 e. The topological polar surface area (TPSA) is 12.0 Å². The number of halogens is 5. The third-order valence-electron chi connectivity index (χ3n) is 1.65. The molecule has 1 aromatic carbocycles. The number of hydrogen-bond acceptors (Lipinski definition) is 1.